The highest BCUT2D eigenvalue weighted by Gasteiger charge is 2.21. The first-order valence-corrected chi connectivity index (χ1v) is 9.17. The fourth-order valence-corrected chi connectivity index (χ4v) is 3.98. The van der Waals surface area contributed by atoms with Crippen LogP contribution in [0, 0.1) is 20.8 Å². The number of guanidine groups is 1. The topological polar surface area (TPSA) is 80.0 Å². The third kappa shape index (κ3) is 5.13. The van der Waals surface area contributed by atoms with Gasteiger partial charge in [0.05, 0.1) is 17.2 Å². The molecule has 0 amide bonds. The molecule has 1 aliphatic rings. The van der Waals surface area contributed by atoms with Crippen LogP contribution in [0.3, 0.4) is 0 Å². The number of aromatic nitrogens is 4. The summed E-state index contributed by atoms with van der Waals surface area (Å²) in [6.07, 6.45) is 2.97. The van der Waals surface area contributed by atoms with E-state index in [-0.39, 0.29) is 24.0 Å². The smallest absolute Gasteiger partial charge is 0.191 e. The van der Waals surface area contributed by atoms with E-state index < -0.39 is 0 Å². The van der Waals surface area contributed by atoms with Crippen LogP contribution in [0.15, 0.2) is 4.99 Å². The second-order valence-electron chi connectivity index (χ2n) is 6.13. The summed E-state index contributed by atoms with van der Waals surface area (Å²) in [4.78, 5) is 14.6. The van der Waals surface area contributed by atoms with Crippen molar-refractivity contribution in [1.82, 2.24) is 30.4 Å². The van der Waals surface area contributed by atoms with Gasteiger partial charge in [0.2, 0.25) is 0 Å². The minimum atomic E-state index is 0. The van der Waals surface area contributed by atoms with Crippen molar-refractivity contribution in [2.24, 2.45) is 4.99 Å². The molecular formula is C16H26IN7S. The number of rotatable bonds is 4. The van der Waals surface area contributed by atoms with Gasteiger partial charge in [-0.25, -0.2) is 14.6 Å². The normalized spacial score (nSPS) is 17.0. The van der Waals surface area contributed by atoms with Crippen LogP contribution in [0.4, 0.5) is 0 Å². The fraction of sp³-hybridized carbons (Fsp3) is 0.625. The highest BCUT2D eigenvalue weighted by Crippen LogP contribution is 2.17. The number of fused-ring (bicyclic) bond motifs is 1. The summed E-state index contributed by atoms with van der Waals surface area (Å²) < 4.78 is 2.01. The van der Waals surface area contributed by atoms with E-state index in [1.807, 2.05) is 18.7 Å². The molecule has 7 nitrogen and oxygen atoms in total. The molecular weight excluding hydrogens is 449 g/mol. The van der Waals surface area contributed by atoms with Crippen molar-refractivity contribution in [3.05, 3.63) is 27.2 Å². The number of aryl methyl sites for hydroxylation is 4. The summed E-state index contributed by atoms with van der Waals surface area (Å²) in [5.41, 5.74) is 1.14. The Morgan fingerprint density at radius 3 is 2.80 bits per heavy atom. The van der Waals surface area contributed by atoms with Gasteiger partial charge in [-0.15, -0.1) is 35.3 Å². The summed E-state index contributed by atoms with van der Waals surface area (Å²) in [6.45, 7) is 7.76. The molecule has 3 rings (SSSR count). The Labute approximate surface area is 169 Å². The molecule has 3 heterocycles. The number of hydrogen-bond donors (Lipinski definition) is 2. The van der Waals surface area contributed by atoms with Gasteiger partial charge in [-0.1, -0.05) is 0 Å². The summed E-state index contributed by atoms with van der Waals surface area (Å²) in [7, 11) is 1.81. The highest BCUT2D eigenvalue weighted by atomic mass is 127. The first-order valence-electron chi connectivity index (χ1n) is 8.35. The van der Waals surface area contributed by atoms with Gasteiger partial charge in [-0.2, -0.15) is 5.10 Å². The number of nitrogens with zero attached hydrogens (tertiary/aromatic N) is 5. The van der Waals surface area contributed by atoms with Crippen molar-refractivity contribution in [2.45, 2.75) is 52.6 Å². The van der Waals surface area contributed by atoms with E-state index >= 15 is 0 Å². The summed E-state index contributed by atoms with van der Waals surface area (Å²) in [5, 5.41) is 12.5. The van der Waals surface area contributed by atoms with Gasteiger partial charge in [0.25, 0.3) is 0 Å². The van der Waals surface area contributed by atoms with E-state index in [2.05, 4.69) is 44.5 Å². The Bertz CT molecular complexity index is 737. The molecule has 138 valence electrons. The Morgan fingerprint density at radius 1 is 1.32 bits per heavy atom. The molecule has 0 fully saturated rings. The standard InChI is InChI=1S/C16H25N7S.HI/c1-10-14(24-12(3)19-10)7-8-18-16(17-4)21-13-5-6-15-20-11(2)22-23(15)9-13;/h13H,5-9H2,1-4H3,(H2,17,18,21);1H. The van der Waals surface area contributed by atoms with Crippen molar-refractivity contribution < 1.29 is 0 Å². The van der Waals surface area contributed by atoms with Crippen molar-refractivity contribution in [3.8, 4) is 0 Å². The van der Waals surface area contributed by atoms with Crippen LogP contribution >= 0.6 is 35.3 Å². The molecule has 0 aromatic carbocycles. The van der Waals surface area contributed by atoms with E-state index in [1.165, 1.54) is 4.88 Å². The van der Waals surface area contributed by atoms with Crippen LogP contribution in [-0.4, -0.2) is 45.3 Å². The minimum Gasteiger partial charge on any atom is -0.356 e. The number of halogens is 1. The maximum atomic E-state index is 4.48. The summed E-state index contributed by atoms with van der Waals surface area (Å²) in [6, 6.07) is 0.331. The minimum absolute atomic E-state index is 0. The van der Waals surface area contributed by atoms with Crippen LogP contribution in [0.2, 0.25) is 0 Å². The van der Waals surface area contributed by atoms with Crippen LogP contribution in [0.5, 0.6) is 0 Å². The summed E-state index contributed by atoms with van der Waals surface area (Å²) in [5.74, 6) is 2.78. The van der Waals surface area contributed by atoms with Gasteiger partial charge in [0, 0.05) is 37.4 Å². The molecule has 0 saturated carbocycles. The quantitative estimate of drug-likeness (QED) is 0.402. The van der Waals surface area contributed by atoms with E-state index in [1.54, 1.807) is 11.3 Å². The average molecular weight is 475 g/mol. The third-order valence-electron chi connectivity index (χ3n) is 4.17. The second kappa shape index (κ2) is 8.93. The zero-order valence-corrected chi connectivity index (χ0v) is 18.3. The van der Waals surface area contributed by atoms with Crippen molar-refractivity contribution in [3.63, 3.8) is 0 Å². The SMILES string of the molecule is CN=C(NCCc1sc(C)nc1C)NC1CCc2nc(C)nn2C1.I. The number of nitrogens with one attached hydrogen (secondary N) is 2. The molecule has 0 spiro atoms. The van der Waals surface area contributed by atoms with Crippen LogP contribution in [-0.2, 0) is 19.4 Å². The molecule has 1 atom stereocenters. The molecule has 2 aromatic rings. The Kier molecular flexibility index (Phi) is 7.17. The molecule has 0 aliphatic carbocycles. The number of hydrogen-bond acceptors (Lipinski definition) is 5. The maximum Gasteiger partial charge on any atom is 0.191 e. The van der Waals surface area contributed by atoms with Crippen molar-refractivity contribution >= 4 is 41.3 Å². The van der Waals surface area contributed by atoms with Crippen LogP contribution in [0.1, 0.15) is 33.6 Å². The molecule has 0 radical (unpaired) electrons. The fourth-order valence-electron chi connectivity index (χ4n) is 3.04. The first-order chi connectivity index (χ1) is 11.5. The van der Waals surface area contributed by atoms with Gasteiger partial charge in [0.15, 0.2) is 5.96 Å². The molecule has 0 bridgehead atoms. The van der Waals surface area contributed by atoms with E-state index in [4.69, 9.17) is 0 Å². The third-order valence-corrected chi connectivity index (χ3v) is 5.31. The zero-order chi connectivity index (χ0) is 17.1. The number of aliphatic imine (C=N–C) groups is 1. The Hall–Kier alpha value is -1.23. The van der Waals surface area contributed by atoms with Gasteiger partial charge >= 0.3 is 0 Å². The van der Waals surface area contributed by atoms with Crippen molar-refractivity contribution in [2.75, 3.05) is 13.6 Å². The predicted octanol–water partition coefficient (Wildman–Crippen LogP) is 2.00. The van der Waals surface area contributed by atoms with Crippen molar-refractivity contribution in [1.29, 1.82) is 0 Å². The largest absolute Gasteiger partial charge is 0.356 e. The predicted molar refractivity (Wildman–Crippen MR) is 112 cm³/mol. The highest BCUT2D eigenvalue weighted by molar-refractivity contribution is 14.0. The first kappa shape index (κ1) is 20.1. The lowest BCUT2D eigenvalue weighted by atomic mass is 10.1. The van der Waals surface area contributed by atoms with Crippen LogP contribution < -0.4 is 10.6 Å². The molecule has 2 aromatic heterocycles. The van der Waals surface area contributed by atoms with Gasteiger partial charge < -0.3 is 10.6 Å². The van der Waals surface area contributed by atoms with E-state index in [9.17, 15) is 0 Å². The second-order valence-corrected chi connectivity index (χ2v) is 7.42. The molecule has 25 heavy (non-hydrogen) atoms. The molecule has 1 aliphatic heterocycles. The molecule has 1 unspecified atom stereocenters. The molecule has 0 saturated heterocycles. The van der Waals surface area contributed by atoms with Gasteiger partial charge in [-0.3, -0.25) is 4.99 Å². The molecule has 9 heteroatoms. The number of thiazole rings is 1. The lowest BCUT2D eigenvalue weighted by molar-refractivity contribution is 0.392. The van der Waals surface area contributed by atoms with E-state index in [0.717, 1.165) is 60.7 Å². The molecule has 2 N–H and O–H groups in total. The van der Waals surface area contributed by atoms with Crippen LogP contribution in [0.25, 0.3) is 0 Å². The zero-order valence-electron chi connectivity index (χ0n) is 15.2. The lowest BCUT2D eigenvalue weighted by Crippen LogP contribution is -2.47. The summed E-state index contributed by atoms with van der Waals surface area (Å²) >= 11 is 1.77. The Morgan fingerprint density at radius 2 is 2.12 bits per heavy atom. The van der Waals surface area contributed by atoms with Gasteiger partial charge in [-0.05, 0) is 27.2 Å². The monoisotopic (exact) mass is 475 g/mol. The maximum absolute atomic E-state index is 4.48. The average Bonchev–Trinajstić information content (AvgIpc) is 3.06. The Balaban J connectivity index is 0.00000225. The van der Waals surface area contributed by atoms with E-state index in [0.29, 0.717) is 6.04 Å². The van der Waals surface area contributed by atoms with Gasteiger partial charge in [0.1, 0.15) is 11.6 Å². The lowest BCUT2D eigenvalue weighted by Gasteiger charge is -2.25.